The third-order valence-corrected chi connectivity index (χ3v) is 2.91. The number of hydrogen-bond donors (Lipinski definition) is 2. The van der Waals surface area contributed by atoms with Gasteiger partial charge in [-0.3, -0.25) is 0 Å². The molecular formula is C11H15NO. The summed E-state index contributed by atoms with van der Waals surface area (Å²) >= 11 is 0. The average Bonchev–Trinajstić information content (AvgIpc) is 2.45. The van der Waals surface area contributed by atoms with Crippen LogP contribution in [0.5, 0.6) is 0 Å². The van der Waals surface area contributed by atoms with E-state index in [4.69, 9.17) is 5.73 Å². The lowest BCUT2D eigenvalue weighted by molar-refractivity contribution is 0.0481. The van der Waals surface area contributed by atoms with Gasteiger partial charge in [0.15, 0.2) is 0 Å². The third-order valence-electron chi connectivity index (χ3n) is 2.91. The summed E-state index contributed by atoms with van der Waals surface area (Å²) < 4.78 is 0. The maximum absolute atomic E-state index is 10.2. The van der Waals surface area contributed by atoms with Gasteiger partial charge in [0.25, 0.3) is 0 Å². The van der Waals surface area contributed by atoms with Crippen molar-refractivity contribution in [1.29, 1.82) is 0 Å². The Labute approximate surface area is 78.4 Å². The molecule has 1 aromatic rings. The van der Waals surface area contributed by atoms with Gasteiger partial charge in [-0.1, -0.05) is 23.8 Å². The minimum atomic E-state index is -0.763. The summed E-state index contributed by atoms with van der Waals surface area (Å²) in [4.78, 5) is 0. The second kappa shape index (κ2) is 2.82. The van der Waals surface area contributed by atoms with E-state index in [-0.39, 0.29) is 0 Å². The highest BCUT2D eigenvalue weighted by atomic mass is 16.3. The molecule has 2 nitrogen and oxygen atoms in total. The maximum atomic E-state index is 10.2. The molecule has 0 radical (unpaired) electrons. The van der Waals surface area contributed by atoms with Crippen LogP contribution in [-0.2, 0) is 12.0 Å². The predicted molar refractivity (Wildman–Crippen MR) is 52.5 cm³/mol. The molecule has 0 fully saturated rings. The number of fused-ring (bicyclic) bond motifs is 1. The smallest absolute Gasteiger partial charge is 0.102 e. The number of aliphatic hydroxyl groups is 1. The SMILES string of the molecule is Cc1ccc2c(c1)[C@@](O)(CN)CC2. The van der Waals surface area contributed by atoms with Crippen LogP contribution < -0.4 is 5.73 Å². The molecule has 0 aliphatic heterocycles. The summed E-state index contributed by atoms with van der Waals surface area (Å²) in [7, 11) is 0. The van der Waals surface area contributed by atoms with Crippen molar-refractivity contribution < 1.29 is 5.11 Å². The van der Waals surface area contributed by atoms with Gasteiger partial charge in [0.2, 0.25) is 0 Å². The molecule has 0 spiro atoms. The zero-order valence-corrected chi connectivity index (χ0v) is 7.88. The Hall–Kier alpha value is -0.860. The Kier molecular flexibility index (Phi) is 1.90. The van der Waals surface area contributed by atoms with Crippen LogP contribution in [0.3, 0.4) is 0 Å². The minimum absolute atomic E-state index is 0.323. The summed E-state index contributed by atoms with van der Waals surface area (Å²) in [5.41, 5.74) is 8.29. The van der Waals surface area contributed by atoms with Crippen LogP contribution >= 0.6 is 0 Å². The van der Waals surface area contributed by atoms with Crippen molar-refractivity contribution in [3.63, 3.8) is 0 Å². The molecule has 0 heterocycles. The van der Waals surface area contributed by atoms with Crippen LogP contribution in [0.1, 0.15) is 23.1 Å². The Morgan fingerprint density at radius 1 is 1.54 bits per heavy atom. The molecular weight excluding hydrogens is 162 g/mol. The topological polar surface area (TPSA) is 46.2 Å². The fraction of sp³-hybridized carbons (Fsp3) is 0.455. The standard InChI is InChI=1S/C11H15NO/c1-8-2-3-9-4-5-11(13,7-12)10(9)6-8/h2-3,6,13H,4-5,7,12H2,1H3/t11-/m0/s1. The summed E-state index contributed by atoms with van der Waals surface area (Å²) in [6.45, 7) is 2.36. The van der Waals surface area contributed by atoms with E-state index in [9.17, 15) is 5.11 Å². The summed E-state index contributed by atoms with van der Waals surface area (Å²) in [6.07, 6.45) is 1.71. The Bertz CT molecular complexity index is 335. The molecule has 1 atom stereocenters. The molecule has 1 aliphatic rings. The molecule has 3 N–H and O–H groups in total. The first-order valence-corrected chi connectivity index (χ1v) is 4.68. The zero-order valence-electron chi connectivity index (χ0n) is 7.88. The van der Waals surface area contributed by atoms with Crippen molar-refractivity contribution in [2.24, 2.45) is 5.73 Å². The van der Waals surface area contributed by atoms with Gasteiger partial charge in [0.1, 0.15) is 5.60 Å². The van der Waals surface area contributed by atoms with Crippen LogP contribution in [0, 0.1) is 6.92 Å². The van der Waals surface area contributed by atoms with Crippen molar-refractivity contribution in [1.82, 2.24) is 0 Å². The van der Waals surface area contributed by atoms with Gasteiger partial charge < -0.3 is 10.8 Å². The van der Waals surface area contributed by atoms with Crippen LogP contribution in [0.15, 0.2) is 18.2 Å². The number of hydrogen-bond acceptors (Lipinski definition) is 2. The Morgan fingerprint density at radius 3 is 3.00 bits per heavy atom. The zero-order chi connectivity index (χ0) is 9.47. The van der Waals surface area contributed by atoms with Crippen molar-refractivity contribution in [3.8, 4) is 0 Å². The van der Waals surface area contributed by atoms with Gasteiger partial charge in [-0.2, -0.15) is 0 Å². The largest absolute Gasteiger partial charge is 0.384 e. The molecule has 0 saturated carbocycles. The fourth-order valence-electron chi connectivity index (χ4n) is 2.03. The molecule has 0 amide bonds. The van der Waals surface area contributed by atoms with Gasteiger partial charge >= 0.3 is 0 Å². The van der Waals surface area contributed by atoms with E-state index in [1.165, 1.54) is 11.1 Å². The first-order chi connectivity index (χ1) is 6.15. The second-order valence-electron chi connectivity index (χ2n) is 3.90. The van der Waals surface area contributed by atoms with Crippen molar-refractivity contribution in [3.05, 3.63) is 34.9 Å². The second-order valence-corrected chi connectivity index (χ2v) is 3.90. The number of rotatable bonds is 1. The highest BCUT2D eigenvalue weighted by molar-refractivity contribution is 5.40. The van der Waals surface area contributed by atoms with Crippen molar-refractivity contribution >= 4 is 0 Å². The summed E-state index contributed by atoms with van der Waals surface area (Å²) in [5.74, 6) is 0. The van der Waals surface area contributed by atoms with Crippen LogP contribution in [-0.4, -0.2) is 11.7 Å². The van der Waals surface area contributed by atoms with Crippen molar-refractivity contribution in [2.45, 2.75) is 25.4 Å². The van der Waals surface area contributed by atoms with Gasteiger partial charge in [-0.05, 0) is 30.9 Å². The van der Waals surface area contributed by atoms with Crippen LogP contribution in [0.2, 0.25) is 0 Å². The molecule has 1 aliphatic carbocycles. The normalized spacial score (nSPS) is 26.1. The van der Waals surface area contributed by atoms with Gasteiger partial charge in [-0.15, -0.1) is 0 Å². The lowest BCUT2D eigenvalue weighted by atomic mass is 9.95. The average molecular weight is 177 g/mol. The highest BCUT2D eigenvalue weighted by Crippen LogP contribution is 2.36. The third kappa shape index (κ3) is 1.26. The molecule has 2 rings (SSSR count). The molecule has 0 bridgehead atoms. The number of nitrogens with two attached hydrogens (primary N) is 1. The first-order valence-electron chi connectivity index (χ1n) is 4.68. The highest BCUT2D eigenvalue weighted by Gasteiger charge is 2.34. The molecule has 1 aromatic carbocycles. The van der Waals surface area contributed by atoms with E-state index < -0.39 is 5.60 Å². The van der Waals surface area contributed by atoms with E-state index in [1.54, 1.807) is 0 Å². The van der Waals surface area contributed by atoms with Gasteiger partial charge in [-0.25, -0.2) is 0 Å². The van der Waals surface area contributed by atoms with E-state index in [0.717, 1.165) is 18.4 Å². The van der Waals surface area contributed by atoms with Crippen LogP contribution in [0.4, 0.5) is 0 Å². The summed E-state index contributed by atoms with van der Waals surface area (Å²) in [6, 6.07) is 6.23. The van der Waals surface area contributed by atoms with E-state index in [1.807, 2.05) is 6.92 Å². The molecule has 0 unspecified atom stereocenters. The molecule has 13 heavy (non-hydrogen) atoms. The first kappa shape index (κ1) is 8.73. The molecule has 0 aromatic heterocycles. The van der Waals surface area contributed by atoms with Gasteiger partial charge in [0, 0.05) is 6.54 Å². The van der Waals surface area contributed by atoms with Gasteiger partial charge in [0.05, 0.1) is 0 Å². The number of aryl methyl sites for hydroxylation is 2. The lowest BCUT2D eigenvalue weighted by Gasteiger charge is -2.21. The van der Waals surface area contributed by atoms with E-state index in [0.29, 0.717) is 6.54 Å². The summed E-state index contributed by atoms with van der Waals surface area (Å²) in [5, 5.41) is 10.2. The predicted octanol–water partition coefficient (Wildman–Crippen LogP) is 1.09. The Balaban J connectivity index is 2.52. The van der Waals surface area contributed by atoms with E-state index in [2.05, 4.69) is 18.2 Å². The molecule has 2 heteroatoms. The number of benzene rings is 1. The minimum Gasteiger partial charge on any atom is -0.384 e. The maximum Gasteiger partial charge on any atom is 0.102 e. The van der Waals surface area contributed by atoms with E-state index >= 15 is 0 Å². The van der Waals surface area contributed by atoms with Crippen LogP contribution in [0.25, 0.3) is 0 Å². The quantitative estimate of drug-likeness (QED) is 0.674. The monoisotopic (exact) mass is 177 g/mol. The van der Waals surface area contributed by atoms with Crippen molar-refractivity contribution in [2.75, 3.05) is 6.54 Å². The lowest BCUT2D eigenvalue weighted by Crippen LogP contribution is -2.32. The molecule has 0 saturated heterocycles. The molecule has 70 valence electrons. The fourth-order valence-corrected chi connectivity index (χ4v) is 2.03. The Morgan fingerprint density at radius 2 is 2.31 bits per heavy atom.